The zero-order chi connectivity index (χ0) is 14.8. The van der Waals surface area contributed by atoms with E-state index in [-0.39, 0.29) is 5.41 Å². The Morgan fingerprint density at radius 2 is 2.35 bits per heavy atom. The van der Waals surface area contributed by atoms with Crippen molar-refractivity contribution in [2.24, 2.45) is 5.41 Å². The predicted octanol–water partition coefficient (Wildman–Crippen LogP) is 2.83. The SMILES string of the molecule is CCOC(=O)c1cc(NC2CCCC2(C)C)ncc1N. The maximum absolute atomic E-state index is 11.8. The number of hydrogen-bond donors (Lipinski definition) is 2. The van der Waals surface area contributed by atoms with Crippen LogP contribution in [0.5, 0.6) is 0 Å². The van der Waals surface area contributed by atoms with Crippen molar-refractivity contribution < 1.29 is 9.53 Å². The van der Waals surface area contributed by atoms with Gasteiger partial charge in [-0.05, 0) is 31.2 Å². The first-order valence-electron chi connectivity index (χ1n) is 7.13. The molecule has 1 fully saturated rings. The largest absolute Gasteiger partial charge is 0.462 e. The zero-order valence-corrected chi connectivity index (χ0v) is 12.4. The molecule has 1 heterocycles. The van der Waals surface area contributed by atoms with Gasteiger partial charge in [0.15, 0.2) is 0 Å². The third-order valence-electron chi connectivity index (χ3n) is 4.01. The average Bonchev–Trinajstić information content (AvgIpc) is 2.71. The van der Waals surface area contributed by atoms with E-state index in [9.17, 15) is 4.79 Å². The molecule has 1 aromatic heterocycles. The first kappa shape index (κ1) is 14.6. The van der Waals surface area contributed by atoms with Crippen LogP contribution in [0.4, 0.5) is 11.5 Å². The van der Waals surface area contributed by atoms with Crippen LogP contribution < -0.4 is 11.1 Å². The molecule has 1 atom stereocenters. The van der Waals surface area contributed by atoms with Gasteiger partial charge in [0.2, 0.25) is 0 Å². The van der Waals surface area contributed by atoms with E-state index in [0.717, 1.165) is 6.42 Å². The molecular weight excluding hydrogens is 254 g/mol. The molecule has 5 heteroatoms. The van der Waals surface area contributed by atoms with Crippen molar-refractivity contribution in [3.8, 4) is 0 Å². The number of carbonyl (C=O) groups is 1. The number of nitrogens with zero attached hydrogens (tertiary/aromatic N) is 1. The fraction of sp³-hybridized carbons (Fsp3) is 0.600. The minimum atomic E-state index is -0.402. The molecule has 110 valence electrons. The Labute approximate surface area is 119 Å². The Kier molecular flexibility index (Phi) is 4.16. The molecule has 1 aromatic rings. The summed E-state index contributed by atoms with van der Waals surface area (Å²) in [6.45, 7) is 6.61. The van der Waals surface area contributed by atoms with Crippen LogP contribution in [0.2, 0.25) is 0 Å². The number of nitrogens with two attached hydrogens (primary N) is 1. The normalized spacial score (nSPS) is 20.6. The average molecular weight is 277 g/mol. The van der Waals surface area contributed by atoms with E-state index in [2.05, 4.69) is 24.1 Å². The summed E-state index contributed by atoms with van der Waals surface area (Å²) in [5, 5.41) is 3.42. The van der Waals surface area contributed by atoms with Gasteiger partial charge in [-0.3, -0.25) is 0 Å². The van der Waals surface area contributed by atoms with Gasteiger partial charge in [-0.25, -0.2) is 9.78 Å². The van der Waals surface area contributed by atoms with Crippen molar-refractivity contribution in [1.82, 2.24) is 4.98 Å². The van der Waals surface area contributed by atoms with E-state index < -0.39 is 5.97 Å². The standard InChI is InChI=1S/C15H23N3O2/c1-4-20-14(19)10-8-13(17-9-11(10)16)18-12-6-5-7-15(12,2)3/h8-9,12H,4-7,16H2,1-3H3,(H,17,18). The summed E-state index contributed by atoms with van der Waals surface area (Å²) >= 11 is 0. The molecule has 0 amide bonds. The third kappa shape index (κ3) is 3.03. The molecule has 5 nitrogen and oxygen atoms in total. The second-order valence-corrected chi connectivity index (χ2v) is 5.95. The maximum Gasteiger partial charge on any atom is 0.340 e. The maximum atomic E-state index is 11.8. The second kappa shape index (κ2) is 5.69. The van der Waals surface area contributed by atoms with Crippen LogP contribution in [-0.4, -0.2) is 23.6 Å². The quantitative estimate of drug-likeness (QED) is 0.827. The van der Waals surface area contributed by atoms with Gasteiger partial charge in [-0.2, -0.15) is 0 Å². The Morgan fingerprint density at radius 1 is 1.60 bits per heavy atom. The van der Waals surface area contributed by atoms with Crippen molar-refractivity contribution in [2.75, 3.05) is 17.7 Å². The Morgan fingerprint density at radius 3 is 2.95 bits per heavy atom. The highest BCUT2D eigenvalue weighted by molar-refractivity contribution is 5.95. The number of rotatable bonds is 4. The smallest absolute Gasteiger partial charge is 0.340 e. The van der Waals surface area contributed by atoms with E-state index in [4.69, 9.17) is 10.5 Å². The Balaban J connectivity index is 2.17. The second-order valence-electron chi connectivity index (χ2n) is 5.95. The molecular formula is C15H23N3O2. The van der Waals surface area contributed by atoms with Crippen LogP contribution in [0.25, 0.3) is 0 Å². The predicted molar refractivity (Wildman–Crippen MR) is 79.6 cm³/mol. The van der Waals surface area contributed by atoms with Crippen molar-refractivity contribution in [1.29, 1.82) is 0 Å². The molecule has 2 rings (SSSR count). The molecule has 1 saturated carbocycles. The van der Waals surface area contributed by atoms with E-state index in [0.29, 0.717) is 29.7 Å². The molecule has 3 N–H and O–H groups in total. The Hall–Kier alpha value is -1.78. The van der Waals surface area contributed by atoms with Gasteiger partial charge in [0.25, 0.3) is 0 Å². The molecule has 1 aliphatic carbocycles. The number of carbonyl (C=O) groups excluding carboxylic acids is 1. The first-order chi connectivity index (χ1) is 9.44. The highest BCUT2D eigenvalue weighted by Gasteiger charge is 2.34. The molecule has 0 radical (unpaired) electrons. The number of nitrogens with one attached hydrogen (secondary N) is 1. The first-order valence-corrected chi connectivity index (χ1v) is 7.13. The summed E-state index contributed by atoms with van der Waals surface area (Å²) < 4.78 is 5.00. The van der Waals surface area contributed by atoms with Crippen LogP contribution in [0, 0.1) is 5.41 Å². The van der Waals surface area contributed by atoms with Crippen LogP contribution in [0.1, 0.15) is 50.4 Å². The summed E-state index contributed by atoms with van der Waals surface area (Å²) in [6, 6.07) is 2.05. The number of nitrogen functional groups attached to an aromatic ring is 1. The fourth-order valence-electron chi connectivity index (χ4n) is 2.70. The van der Waals surface area contributed by atoms with Gasteiger partial charge < -0.3 is 15.8 Å². The summed E-state index contributed by atoms with van der Waals surface area (Å²) in [5.74, 6) is 0.281. The number of pyridine rings is 1. The van der Waals surface area contributed by atoms with Gasteiger partial charge in [0.1, 0.15) is 5.82 Å². The van der Waals surface area contributed by atoms with E-state index in [1.165, 1.54) is 19.0 Å². The number of aromatic nitrogens is 1. The third-order valence-corrected chi connectivity index (χ3v) is 4.01. The summed E-state index contributed by atoms with van der Waals surface area (Å²) in [4.78, 5) is 16.1. The topological polar surface area (TPSA) is 77.2 Å². The molecule has 0 aliphatic heterocycles. The molecule has 1 aliphatic rings. The van der Waals surface area contributed by atoms with Gasteiger partial charge in [-0.15, -0.1) is 0 Å². The number of esters is 1. The zero-order valence-electron chi connectivity index (χ0n) is 12.4. The monoisotopic (exact) mass is 277 g/mol. The highest BCUT2D eigenvalue weighted by atomic mass is 16.5. The lowest BCUT2D eigenvalue weighted by molar-refractivity contribution is 0.0527. The van der Waals surface area contributed by atoms with Crippen LogP contribution in [0.15, 0.2) is 12.3 Å². The van der Waals surface area contributed by atoms with Crippen LogP contribution in [-0.2, 0) is 4.74 Å². The molecule has 0 spiro atoms. The number of ether oxygens (including phenoxy) is 1. The van der Waals surface area contributed by atoms with Crippen molar-refractivity contribution in [3.05, 3.63) is 17.8 Å². The molecule has 0 bridgehead atoms. The minimum Gasteiger partial charge on any atom is -0.462 e. The fourth-order valence-corrected chi connectivity index (χ4v) is 2.70. The lowest BCUT2D eigenvalue weighted by Crippen LogP contribution is -2.31. The molecule has 1 unspecified atom stereocenters. The summed E-state index contributed by atoms with van der Waals surface area (Å²) in [5.41, 5.74) is 6.76. The Bertz CT molecular complexity index is 500. The van der Waals surface area contributed by atoms with Gasteiger partial charge in [0.05, 0.1) is 24.1 Å². The molecule has 0 saturated heterocycles. The van der Waals surface area contributed by atoms with Crippen LogP contribution >= 0.6 is 0 Å². The van der Waals surface area contributed by atoms with Gasteiger partial charge >= 0.3 is 5.97 Å². The van der Waals surface area contributed by atoms with E-state index >= 15 is 0 Å². The van der Waals surface area contributed by atoms with Gasteiger partial charge in [0, 0.05) is 6.04 Å². The lowest BCUT2D eigenvalue weighted by Gasteiger charge is -2.28. The molecule has 0 aromatic carbocycles. The van der Waals surface area contributed by atoms with Crippen molar-refractivity contribution in [2.45, 2.75) is 46.1 Å². The minimum absolute atomic E-state index is 0.243. The van der Waals surface area contributed by atoms with E-state index in [1.807, 2.05) is 0 Å². The van der Waals surface area contributed by atoms with E-state index in [1.54, 1.807) is 13.0 Å². The number of hydrogen-bond acceptors (Lipinski definition) is 5. The van der Waals surface area contributed by atoms with Crippen molar-refractivity contribution >= 4 is 17.5 Å². The van der Waals surface area contributed by atoms with Crippen molar-refractivity contribution in [3.63, 3.8) is 0 Å². The number of anilines is 2. The summed E-state index contributed by atoms with van der Waals surface area (Å²) in [7, 11) is 0. The highest BCUT2D eigenvalue weighted by Crippen LogP contribution is 2.38. The molecule has 20 heavy (non-hydrogen) atoms. The summed E-state index contributed by atoms with van der Waals surface area (Å²) in [6.07, 6.45) is 5.04. The lowest BCUT2D eigenvalue weighted by atomic mass is 9.87. The van der Waals surface area contributed by atoms with Crippen LogP contribution in [0.3, 0.4) is 0 Å². The van der Waals surface area contributed by atoms with Gasteiger partial charge in [-0.1, -0.05) is 20.3 Å².